The number of rotatable bonds is 43. The maximum atomic E-state index is 13.0. The predicted octanol–water partition coefficient (Wildman–Crippen LogP) is 8.41. The molecule has 0 aliphatic carbocycles. The van der Waals surface area contributed by atoms with Gasteiger partial charge in [-0.1, -0.05) is 179 Å². The van der Waals surface area contributed by atoms with Gasteiger partial charge in [0.05, 0.1) is 26.4 Å². The van der Waals surface area contributed by atoms with Gasteiger partial charge in [-0.2, -0.15) is 0 Å². The first-order chi connectivity index (χ1) is 32.6. The van der Waals surface area contributed by atoms with Gasteiger partial charge in [-0.15, -0.1) is 0 Å². The number of hydrogen-bond donors (Lipinski definition) is 7. The third kappa shape index (κ3) is 28.8. The smallest absolute Gasteiger partial charge is 0.306 e. The summed E-state index contributed by atoms with van der Waals surface area (Å²) < 4.78 is 34.3. The molecule has 0 aromatic heterocycles. The zero-order valence-electron chi connectivity index (χ0n) is 41.9. The fraction of sp³-hybridized carbons (Fsp3) is 0.906. The summed E-state index contributed by atoms with van der Waals surface area (Å²) in [6.07, 6.45) is 28.0. The Morgan fingerprint density at radius 1 is 0.493 bits per heavy atom. The lowest BCUT2D eigenvalue weighted by Gasteiger charge is -2.42. The van der Waals surface area contributed by atoms with Crippen molar-refractivity contribution in [3.63, 3.8) is 0 Å². The number of ether oxygens (including phenoxy) is 6. The minimum atomic E-state index is -1.70. The van der Waals surface area contributed by atoms with Crippen LogP contribution in [0.25, 0.3) is 0 Å². The third-order valence-corrected chi connectivity index (χ3v) is 13.0. The monoisotopic (exact) mass is 959 g/mol. The van der Waals surface area contributed by atoms with E-state index in [1.165, 1.54) is 128 Å². The number of allylic oxidation sites excluding steroid dienone is 4. The molecule has 14 nitrogen and oxygen atoms in total. The molecule has 2 aliphatic rings. The highest BCUT2D eigenvalue weighted by molar-refractivity contribution is 5.69. The molecule has 2 aliphatic heterocycles. The lowest BCUT2D eigenvalue weighted by molar-refractivity contribution is -0.332. The molecule has 0 radical (unpaired) electrons. The van der Waals surface area contributed by atoms with Gasteiger partial charge in [0, 0.05) is 13.0 Å². The molecule has 394 valence electrons. The Balaban J connectivity index is 1.75. The minimum Gasteiger partial charge on any atom is -0.457 e. The van der Waals surface area contributed by atoms with Crippen LogP contribution in [0, 0.1) is 0 Å². The number of hydrogen-bond acceptors (Lipinski definition) is 14. The summed E-state index contributed by atoms with van der Waals surface area (Å²) in [4.78, 5) is 13.0. The molecular weight excluding hydrogens is 861 g/mol. The summed E-state index contributed by atoms with van der Waals surface area (Å²) >= 11 is 0. The van der Waals surface area contributed by atoms with Crippen LogP contribution in [-0.2, 0) is 33.2 Å². The molecule has 11 unspecified atom stereocenters. The SMILES string of the molecule is CCCCCC/C=C\C/C=C\CCCCCCCCCCOCC(COC1OC(COC2OC(CO)C(O)C(O)C2O)C(O)C(O)C1O)OC(=O)CCCCCCCCCCCCCCCC. The van der Waals surface area contributed by atoms with Gasteiger partial charge in [-0.25, -0.2) is 0 Å². The van der Waals surface area contributed by atoms with E-state index >= 15 is 0 Å². The molecule has 0 amide bonds. The molecule has 0 aromatic carbocycles. The molecule has 2 heterocycles. The quantitative estimate of drug-likeness (QED) is 0.0174. The molecule has 14 heteroatoms. The van der Waals surface area contributed by atoms with Crippen LogP contribution in [0.1, 0.15) is 206 Å². The van der Waals surface area contributed by atoms with E-state index in [9.17, 15) is 40.5 Å². The first-order valence-electron chi connectivity index (χ1n) is 26.9. The van der Waals surface area contributed by atoms with E-state index < -0.39 is 80.7 Å². The molecule has 0 bridgehead atoms. The fourth-order valence-corrected chi connectivity index (χ4v) is 8.55. The molecule has 67 heavy (non-hydrogen) atoms. The maximum Gasteiger partial charge on any atom is 0.306 e. The highest BCUT2D eigenvalue weighted by Crippen LogP contribution is 2.26. The third-order valence-electron chi connectivity index (χ3n) is 13.0. The molecule has 2 fully saturated rings. The van der Waals surface area contributed by atoms with E-state index in [0.717, 1.165) is 51.4 Å². The first-order valence-corrected chi connectivity index (χ1v) is 26.9. The Labute approximate surface area is 405 Å². The Morgan fingerprint density at radius 2 is 0.925 bits per heavy atom. The van der Waals surface area contributed by atoms with Crippen molar-refractivity contribution in [2.75, 3.05) is 33.0 Å². The second-order valence-corrected chi connectivity index (χ2v) is 19.1. The Morgan fingerprint density at radius 3 is 1.45 bits per heavy atom. The van der Waals surface area contributed by atoms with Crippen molar-refractivity contribution >= 4 is 5.97 Å². The van der Waals surface area contributed by atoms with Crippen molar-refractivity contribution in [2.45, 2.75) is 274 Å². The number of carbonyl (C=O) groups excluding carboxylic acids is 1. The molecule has 0 saturated carbocycles. The summed E-state index contributed by atoms with van der Waals surface area (Å²) in [6, 6.07) is 0. The van der Waals surface area contributed by atoms with Gasteiger partial charge < -0.3 is 64.2 Å². The van der Waals surface area contributed by atoms with Crippen molar-refractivity contribution in [2.24, 2.45) is 0 Å². The van der Waals surface area contributed by atoms with E-state index in [-0.39, 0.29) is 25.6 Å². The van der Waals surface area contributed by atoms with Gasteiger partial charge >= 0.3 is 5.97 Å². The molecule has 2 rings (SSSR count). The zero-order chi connectivity index (χ0) is 48.7. The summed E-state index contributed by atoms with van der Waals surface area (Å²) in [7, 11) is 0. The van der Waals surface area contributed by atoms with E-state index in [1.54, 1.807) is 0 Å². The van der Waals surface area contributed by atoms with Crippen LogP contribution >= 0.6 is 0 Å². The maximum absolute atomic E-state index is 13.0. The predicted molar refractivity (Wildman–Crippen MR) is 261 cm³/mol. The van der Waals surface area contributed by atoms with Crippen LogP contribution in [0.4, 0.5) is 0 Å². The standard InChI is InChI=1S/C53H98O14/c1-3-5-7-9-11-13-15-17-19-20-21-22-23-25-27-29-31-33-35-37-62-39-42(65-45(55)36-34-32-30-28-26-24-18-16-14-12-10-8-6-4-2)40-63-52-51(61)49(59)47(57)44(67-52)41-64-53-50(60)48(58)46(56)43(38-54)66-53/h13,15,19-20,42-44,46-54,56-61H,3-12,14,16-18,21-41H2,1-2H3/b15-13-,20-19-. The highest BCUT2D eigenvalue weighted by Gasteiger charge is 2.47. The largest absolute Gasteiger partial charge is 0.457 e. The minimum absolute atomic E-state index is 0.0614. The lowest BCUT2D eigenvalue weighted by Crippen LogP contribution is -2.61. The number of aliphatic hydroxyl groups is 7. The number of carbonyl (C=O) groups is 1. The van der Waals surface area contributed by atoms with E-state index in [0.29, 0.717) is 13.0 Å². The van der Waals surface area contributed by atoms with Gasteiger partial charge in [0.15, 0.2) is 12.6 Å². The molecule has 7 N–H and O–H groups in total. The molecule has 0 spiro atoms. The van der Waals surface area contributed by atoms with Crippen LogP contribution in [0.15, 0.2) is 24.3 Å². The Kier molecular flexibility index (Phi) is 37.8. The van der Waals surface area contributed by atoms with Gasteiger partial charge in [0.2, 0.25) is 0 Å². The first kappa shape index (κ1) is 61.6. The Bertz CT molecular complexity index is 1200. The van der Waals surface area contributed by atoms with Crippen molar-refractivity contribution in [3.8, 4) is 0 Å². The summed E-state index contributed by atoms with van der Waals surface area (Å²) in [6.45, 7) is 3.68. The van der Waals surface area contributed by atoms with Crippen molar-refractivity contribution < 1.29 is 69.0 Å². The zero-order valence-corrected chi connectivity index (χ0v) is 41.9. The molecule has 0 aromatic rings. The summed E-state index contributed by atoms with van der Waals surface area (Å²) in [5.41, 5.74) is 0. The van der Waals surface area contributed by atoms with E-state index in [2.05, 4.69) is 38.2 Å². The van der Waals surface area contributed by atoms with Crippen molar-refractivity contribution in [3.05, 3.63) is 24.3 Å². The number of esters is 1. The second-order valence-electron chi connectivity index (χ2n) is 19.1. The molecule has 11 atom stereocenters. The van der Waals surface area contributed by atoms with Gasteiger partial charge in [-0.3, -0.25) is 4.79 Å². The van der Waals surface area contributed by atoms with E-state index in [4.69, 9.17) is 28.4 Å². The normalized spacial score (nSPS) is 26.2. The molecular formula is C53H98O14. The average molecular weight is 959 g/mol. The Hall–Kier alpha value is -1.53. The summed E-state index contributed by atoms with van der Waals surface area (Å²) in [5, 5.41) is 72.2. The highest BCUT2D eigenvalue weighted by atomic mass is 16.7. The second kappa shape index (κ2) is 41.1. The summed E-state index contributed by atoms with van der Waals surface area (Å²) in [5.74, 6) is -0.376. The number of unbranched alkanes of at least 4 members (excludes halogenated alkanes) is 25. The fourth-order valence-electron chi connectivity index (χ4n) is 8.55. The van der Waals surface area contributed by atoms with Crippen LogP contribution in [0.2, 0.25) is 0 Å². The van der Waals surface area contributed by atoms with Crippen LogP contribution < -0.4 is 0 Å². The number of aliphatic hydroxyl groups excluding tert-OH is 7. The van der Waals surface area contributed by atoms with Crippen LogP contribution in [-0.4, -0.2) is 142 Å². The lowest BCUT2D eigenvalue weighted by atomic mass is 9.98. The van der Waals surface area contributed by atoms with Crippen LogP contribution in [0.3, 0.4) is 0 Å². The average Bonchev–Trinajstić information content (AvgIpc) is 3.32. The van der Waals surface area contributed by atoms with Gasteiger partial charge in [-0.05, 0) is 44.9 Å². The van der Waals surface area contributed by atoms with Crippen molar-refractivity contribution in [1.29, 1.82) is 0 Å². The van der Waals surface area contributed by atoms with Gasteiger partial charge in [0.1, 0.15) is 54.9 Å². The van der Waals surface area contributed by atoms with Crippen LogP contribution in [0.5, 0.6) is 0 Å². The van der Waals surface area contributed by atoms with Crippen molar-refractivity contribution in [1.82, 2.24) is 0 Å². The molecule has 2 saturated heterocycles. The van der Waals surface area contributed by atoms with E-state index in [1.807, 2.05) is 0 Å². The topological polar surface area (TPSA) is 214 Å². The van der Waals surface area contributed by atoms with Gasteiger partial charge in [0.25, 0.3) is 0 Å².